The molecule has 0 aliphatic heterocycles. The van der Waals surface area contributed by atoms with E-state index < -0.39 is 5.82 Å². The average Bonchev–Trinajstić information content (AvgIpc) is 3.25. The Morgan fingerprint density at radius 3 is 2.83 bits per heavy atom. The van der Waals surface area contributed by atoms with Crippen LogP contribution in [0.4, 0.5) is 15.9 Å². The van der Waals surface area contributed by atoms with E-state index in [-0.39, 0.29) is 11.6 Å². The number of hydrogen-bond acceptors (Lipinski definition) is 5. The van der Waals surface area contributed by atoms with Crippen molar-refractivity contribution in [1.29, 1.82) is 0 Å². The second-order valence-corrected chi connectivity index (χ2v) is 7.08. The lowest BCUT2D eigenvalue weighted by Crippen LogP contribution is -2.03. The van der Waals surface area contributed by atoms with Crippen LogP contribution in [0.25, 0.3) is 11.3 Å². The second-order valence-electron chi connectivity index (χ2n) is 6.67. The van der Waals surface area contributed by atoms with E-state index in [1.807, 2.05) is 19.1 Å². The molecule has 0 unspecified atom stereocenters. The Balaban J connectivity index is 1.63. The number of ether oxygens (including phenoxy) is 2. The van der Waals surface area contributed by atoms with Gasteiger partial charge >= 0.3 is 0 Å². The van der Waals surface area contributed by atoms with Crippen LogP contribution in [0.15, 0.2) is 30.3 Å². The van der Waals surface area contributed by atoms with Crippen LogP contribution in [-0.4, -0.2) is 35.1 Å². The first-order valence-electron chi connectivity index (χ1n) is 9.43. The van der Waals surface area contributed by atoms with Gasteiger partial charge in [-0.05, 0) is 42.8 Å². The first-order valence-corrected chi connectivity index (χ1v) is 9.81. The van der Waals surface area contributed by atoms with E-state index in [1.165, 1.54) is 12.1 Å². The molecule has 3 aromatic rings. The van der Waals surface area contributed by atoms with Gasteiger partial charge in [-0.1, -0.05) is 11.6 Å². The first kappa shape index (κ1) is 19.5. The Labute approximate surface area is 172 Å². The SMILES string of the molecule is CCOc1cc2c(cc1OCCCO)-c1[nH]nc(Nc3ccc(F)c(Cl)c3)c1C2. The maximum atomic E-state index is 13.4. The lowest BCUT2D eigenvalue weighted by Gasteiger charge is -2.14. The van der Waals surface area contributed by atoms with Gasteiger partial charge in [-0.15, -0.1) is 0 Å². The third kappa shape index (κ3) is 3.88. The number of benzene rings is 2. The minimum atomic E-state index is -0.464. The summed E-state index contributed by atoms with van der Waals surface area (Å²) in [6.07, 6.45) is 1.22. The van der Waals surface area contributed by atoms with E-state index in [2.05, 4.69) is 15.5 Å². The number of aromatic amines is 1. The molecule has 0 spiro atoms. The van der Waals surface area contributed by atoms with Crippen molar-refractivity contribution in [3.8, 4) is 22.8 Å². The van der Waals surface area contributed by atoms with E-state index in [9.17, 15) is 4.39 Å². The van der Waals surface area contributed by atoms with Crippen LogP contribution >= 0.6 is 11.6 Å². The Morgan fingerprint density at radius 1 is 1.24 bits per heavy atom. The second kappa shape index (κ2) is 8.31. The summed E-state index contributed by atoms with van der Waals surface area (Å²) in [5.74, 6) is 1.53. The van der Waals surface area contributed by atoms with Crippen molar-refractivity contribution in [2.45, 2.75) is 19.8 Å². The third-order valence-electron chi connectivity index (χ3n) is 4.72. The molecule has 0 fully saturated rings. The Hall–Kier alpha value is -2.77. The smallest absolute Gasteiger partial charge is 0.161 e. The summed E-state index contributed by atoms with van der Waals surface area (Å²) in [6, 6.07) is 8.39. The number of aromatic nitrogens is 2. The summed E-state index contributed by atoms with van der Waals surface area (Å²) in [7, 11) is 0. The van der Waals surface area contributed by atoms with E-state index in [1.54, 1.807) is 6.07 Å². The predicted molar refractivity (Wildman–Crippen MR) is 110 cm³/mol. The Morgan fingerprint density at radius 2 is 2.07 bits per heavy atom. The molecule has 0 radical (unpaired) electrons. The zero-order valence-corrected chi connectivity index (χ0v) is 16.6. The molecule has 8 heteroatoms. The molecule has 152 valence electrons. The number of rotatable bonds is 8. The van der Waals surface area contributed by atoms with Gasteiger partial charge in [0.2, 0.25) is 0 Å². The minimum absolute atomic E-state index is 0.0523. The van der Waals surface area contributed by atoms with Crippen molar-refractivity contribution in [3.63, 3.8) is 0 Å². The van der Waals surface area contributed by atoms with Gasteiger partial charge in [0.1, 0.15) is 5.82 Å². The molecule has 1 aliphatic rings. The van der Waals surface area contributed by atoms with E-state index in [0.717, 1.165) is 22.4 Å². The molecule has 4 rings (SSSR count). The highest BCUT2D eigenvalue weighted by molar-refractivity contribution is 6.31. The average molecular weight is 418 g/mol. The van der Waals surface area contributed by atoms with Crippen LogP contribution in [-0.2, 0) is 6.42 Å². The van der Waals surface area contributed by atoms with E-state index in [4.69, 9.17) is 26.2 Å². The van der Waals surface area contributed by atoms with Crippen molar-refractivity contribution in [1.82, 2.24) is 10.2 Å². The molecule has 0 atom stereocenters. The number of hydrogen-bond donors (Lipinski definition) is 3. The molecule has 2 aromatic carbocycles. The summed E-state index contributed by atoms with van der Waals surface area (Å²) in [4.78, 5) is 0. The van der Waals surface area contributed by atoms with Crippen LogP contribution < -0.4 is 14.8 Å². The number of fused-ring (bicyclic) bond motifs is 3. The Kier molecular flexibility index (Phi) is 5.60. The quantitative estimate of drug-likeness (QED) is 0.363. The zero-order valence-electron chi connectivity index (χ0n) is 15.9. The monoisotopic (exact) mass is 417 g/mol. The molecule has 0 saturated heterocycles. The number of anilines is 2. The molecule has 6 nitrogen and oxygen atoms in total. The number of aliphatic hydroxyl groups excluding tert-OH is 1. The number of nitrogens with zero attached hydrogens (tertiary/aromatic N) is 1. The Bertz CT molecular complexity index is 1040. The molecule has 0 saturated carbocycles. The number of nitrogens with one attached hydrogen (secondary N) is 2. The largest absolute Gasteiger partial charge is 0.490 e. The molecule has 1 aromatic heterocycles. The summed E-state index contributed by atoms with van der Waals surface area (Å²) in [5, 5.41) is 19.7. The third-order valence-corrected chi connectivity index (χ3v) is 5.01. The van der Waals surface area contributed by atoms with Gasteiger partial charge in [0, 0.05) is 36.3 Å². The summed E-state index contributed by atoms with van der Waals surface area (Å²) < 4.78 is 25.0. The molecule has 1 heterocycles. The van der Waals surface area contributed by atoms with Gasteiger partial charge in [-0.2, -0.15) is 5.10 Å². The van der Waals surface area contributed by atoms with Crippen molar-refractivity contribution in [2.75, 3.05) is 25.1 Å². The standard InChI is InChI=1S/C21H21ClFN3O3/c1-2-28-18-9-12-8-15-20(14(12)11-19(18)29-7-3-6-27)25-26-21(15)24-13-4-5-17(23)16(22)10-13/h4-5,9-11,27H,2-3,6-8H2,1H3,(H2,24,25,26). The topological polar surface area (TPSA) is 79.4 Å². The highest BCUT2D eigenvalue weighted by atomic mass is 35.5. The highest BCUT2D eigenvalue weighted by Crippen LogP contribution is 2.44. The van der Waals surface area contributed by atoms with Crippen molar-refractivity contribution in [3.05, 3.63) is 52.3 Å². The first-order chi connectivity index (χ1) is 14.1. The zero-order chi connectivity index (χ0) is 20.4. The van der Waals surface area contributed by atoms with Gasteiger partial charge in [0.25, 0.3) is 0 Å². The predicted octanol–water partition coefficient (Wildman–Crippen LogP) is 4.68. The number of halogens is 2. The molecule has 0 amide bonds. The van der Waals surface area contributed by atoms with Crippen LogP contribution in [0.2, 0.25) is 5.02 Å². The van der Waals surface area contributed by atoms with Gasteiger partial charge in [-0.3, -0.25) is 5.10 Å². The summed E-state index contributed by atoms with van der Waals surface area (Å²) >= 11 is 5.87. The van der Waals surface area contributed by atoms with Crippen molar-refractivity contribution >= 4 is 23.1 Å². The number of aliphatic hydroxyl groups is 1. The lowest BCUT2D eigenvalue weighted by atomic mass is 10.1. The highest BCUT2D eigenvalue weighted by Gasteiger charge is 2.27. The maximum absolute atomic E-state index is 13.4. The fourth-order valence-corrected chi connectivity index (χ4v) is 3.55. The van der Waals surface area contributed by atoms with Crippen LogP contribution in [0.3, 0.4) is 0 Å². The maximum Gasteiger partial charge on any atom is 0.161 e. The van der Waals surface area contributed by atoms with Crippen LogP contribution in [0.5, 0.6) is 11.5 Å². The molecular weight excluding hydrogens is 397 g/mol. The van der Waals surface area contributed by atoms with Gasteiger partial charge in [0.05, 0.1) is 23.9 Å². The molecule has 1 aliphatic carbocycles. The van der Waals surface area contributed by atoms with Crippen molar-refractivity contribution in [2.24, 2.45) is 0 Å². The van der Waals surface area contributed by atoms with E-state index in [0.29, 0.717) is 49.1 Å². The molecule has 29 heavy (non-hydrogen) atoms. The fraction of sp³-hybridized carbons (Fsp3) is 0.286. The molecular formula is C21H21ClFN3O3. The lowest BCUT2D eigenvalue weighted by molar-refractivity contribution is 0.225. The van der Waals surface area contributed by atoms with Crippen LogP contribution in [0, 0.1) is 5.82 Å². The number of H-pyrrole nitrogens is 1. The normalized spacial score (nSPS) is 11.9. The summed E-state index contributed by atoms with van der Waals surface area (Å²) in [6.45, 7) is 2.93. The van der Waals surface area contributed by atoms with Crippen LogP contribution in [0.1, 0.15) is 24.5 Å². The van der Waals surface area contributed by atoms with Gasteiger partial charge < -0.3 is 19.9 Å². The van der Waals surface area contributed by atoms with E-state index >= 15 is 0 Å². The molecule has 3 N–H and O–H groups in total. The van der Waals surface area contributed by atoms with Crippen molar-refractivity contribution < 1.29 is 19.0 Å². The van der Waals surface area contributed by atoms with Gasteiger partial charge in [0.15, 0.2) is 17.3 Å². The fourth-order valence-electron chi connectivity index (χ4n) is 3.37. The molecule has 0 bridgehead atoms. The summed E-state index contributed by atoms with van der Waals surface area (Å²) in [5.41, 5.74) is 4.68. The minimum Gasteiger partial charge on any atom is -0.490 e. The van der Waals surface area contributed by atoms with Gasteiger partial charge in [-0.25, -0.2) is 4.39 Å².